The Balaban J connectivity index is 1.90. The van der Waals surface area contributed by atoms with E-state index in [9.17, 15) is 18.0 Å². The predicted molar refractivity (Wildman–Crippen MR) is 107 cm³/mol. The van der Waals surface area contributed by atoms with Gasteiger partial charge in [0.25, 0.3) is 5.89 Å². The van der Waals surface area contributed by atoms with Gasteiger partial charge < -0.3 is 14.4 Å². The van der Waals surface area contributed by atoms with Crippen molar-refractivity contribution in [1.82, 2.24) is 10.1 Å². The summed E-state index contributed by atoms with van der Waals surface area (Å²) in [5.41, 5.74) is 1.55. The van der Waals surface area contributed by atoms with E-state index in [-0.39, 0.29) is 29.4 Å². The van der Waals surface area contributed by atoms with Gasteiger partial charge in [0.1, 0.15) is 5.75 Å². The molecule has 0 radical (unpaired) electrons. The zero-order chi connectivity index (χ0) is 22.8. The molecule has 164 valence electrons. The third-order valence-corrected chi connectivity index (χ3v) is 4.53. The number of carboxylic acids is 1. The zero-order valence-corrected chi connectivity index (χ0v) is 17.2. The van der Waals surface area contributed by atoms with Crippen LogP contribution in [0.2, 0.25) is 0 Å². The van der Waals surface area contributed by atoms with Gasteiger partial charge in [0.05, 0.1) is 11.7 Å². The first kappa shape index (κ1) is 22.3. The molecular formula is C22H21F3N2O4. The Morgan fingerprint density at radius 3 is 2.48 bits per heavy atom. The van der Waals surface area contributed by atoms with Crippen LogP contribution in [0.4, 0.5) is 13.2 Å². The van der Waals surface area contributed by atoms with Crippen LogP contribution in [0.1, 0.15) is 37.0 Å². The summed E-state index contributed by atoms with van der Waals surface area (Å²) in [6, 6.07) is 8.89. The van der Waals surface area contributed by atoms with E-state index in [1.807, 2.05) is 6.92 Å². The molecule has 0 aliphatic rings. The van der Waals surface area contributed by atoms with Crippen LogP contribution < -0.4 is 4.74 Å². The zero-order valence-electron chi connectivity index (χ0n) is 17.2. The van der Waals surface area contributed by atoms with Gasteiger partial charge in [-0.25, -0.2) is 0 Å². The van der Waals surface area contributed by atoms with Crippen LogP contribution in [-0.4, -0.2) is 27.3 Å². The third kappa shape index (κ3) is 5.42. The van der Waals surface area contributed by atoms with E-state index in [0.717, 1.165) is 17.2 Å². The quantitative estimate of drug-likeness (QED) is 0.526. The number of ether oxygens (including phenoxy) is 1. The lowest BCUT2D eigenvalue weighted by atomic mass is 10.0. The number of rotatable bonds is 7. The molecule has 0 spiro atoms. The van der Waals surface area contributed by atoms with Gasteiger partial charge >= 0.3 is 12.1 Å². The Kier molecular flexibility index (Phi) is 6.33. The Bertz CT molecular complexity index is 1090. The van der Waals surface area contributed by atoms with Crippen LogP contribution in [0, 0.1) is 6.92 Å². The van der Waals surface area contributed by atoms with E-state index in [0.29, 0.717) is 12.0 Å². The molecule has 3 aromatic rings. The molecule has 1 aromatic heterocycles. The second-order valence-electron chi connectivity index (χ2n) is 7.33. The van der Waals surface area contributed by atoms with Gasteiger partial charge in [-0.05, 0) is 68.7 Å². The monoisotopic (exact) mass is 434 g/mol. The molecule has 0 fully saturated rings. The molecule has 31 heavy (non-hydrogen) atoms. The molecule has 0 bridgehead atoms. The Morgan fingerprint density at radius 2 is 1.87 bits per heavy atom. The molecule has 0 saturated heterocycles. The van der Waals surface area contributed by atoms with Crippen molar-refractivity contribution in [3.8, 4) is 28.6 Å². The van der Waals surface area contributed by atoms with Gasteiger partial charge in [0.15, 0.2) is 0 Å². The van der Waals surface area contributed by atoms with Crippen LogP contribution in [0.15, 0.2) is 40.9 Å². The number of aliphatic carboxylic acids is 1. The Morgan fingerprint density at radius 1 is 1.16 bits per heavy atom. The summed E-state index contributed by atoms with van der Waals surface area (Å²) >= 11 is 0. The summed E-state index contributed by atoms with van der Waals surface area (Å²) in [6.45, 7) is 5.13. The first-order valence-corrected chi connectivity index (χ1v) is 9.58. The summed E-state index contributed by atoms with van der Waals surface area (Å²) in [5, 5.41) is 12.6. The summed E-state index contributed by atoms with van der Waals surface area (Å²) < 4.78 is 51.0. The summed E-state index contributed by atoms with van der Waals surface area (Å²) in [7, 11) is 0. The predicted octanol–water partition coefficient (Wildman–Crippen LogP) is 5.54. The molecule has 0 aliphatic heterocycles. The number of nitrogens with zero attached hydrogens (tertiary/aromatic N) is 2. The molecule has 3 rings (SSSR count). The highest BCUT2D eigenvalue weighted by Crippen LogP contribution is 2.39. The SMILES string of the molecule is Cc1cc(-c2nc(-c3ccc(OC(C)C)c(C(F)(F)F)c3)no2)ccc1CCC(=O)O. The molecule has 0 atom stereocenters. The lowest BCUT2D eigenvalue weighted by Gasteiger charge is -2.16. The van der Waals surface area contributed by atoms with Crippen LogP contribution in [0.3, 0.4) is 0 Å². The minimum atomic E-state index is -4.60. The van der Waals surface area contributed by atoms with Crippen molar-refractivity contribution in [2.45, 2.75) is 45.9 Å². The molecule has 1 N–H and O–H groups in total. The third-order valence-electron chi connectivity index (χ3n) is 4.53. The maximum Gasteiger partial charge on any atom is 0.419 e. The molecule has 0 aliphatic carbocycles. The molecular weight excluding hydrogens is 413 g/mol. The van der Waals surface area contributed by atoms with Crippen molar-refractivity contribution >= 4 is 5.97 Å². The normalized spacial score (nSPS) is 11.7. The van der Waals surface area contributed by atoms with Gasteiger partial charge in [-0.1, -0.05) is 11.2 Å². The fraction of sp³-hybridized carbons (Fsp3) is 0.318. The van der Waals surface area contributed by atoms with E-state index in [4.69, 9.17) is 14.4 Å². The number of benzene rings is 2. The van der Waals surface area contributed by atoms with Gasteiger partial charge in [-0.2, -0.15) is 18.2 Å². The van der Waals surface area contributed by atoms with E-state index < -0.39 is 23.8 Å². The number of carbonyl (C=O) groups is 1. The van der Waals surface area contributed by atoms with Crippen molar-refractivity contribution in [3.05, 3.63) is 53.1 Å². The van der Waals surface area contributed by atoms with Crippen molar-refractivity contribution in [3.63, 3.8) is 0 Å². The summed E-state index contributed by atoms with van der Waals surface area (Å²) in [6.07, 6.45) is -4.61. The number of carboxylic acid groups (broad SMARTS) is 1. The van der Waals surface area contributed by atoms with Crippen LogP contribution >= 0.6 is 0 Å². The number of halogens is 3. The molecule has 1 heterocycles. The van der Waals surface area contributed by atoms with Gasteiger partial charge in [0.2, 0.25) is 5.82 Å². The van der Waals surface area contributed by atoms with E-state index >= 15 is 0 Å². The maximum atomic E-state index is 13.5. The molecule has 2 aromatic carbocycles. The van der Waals surface area contributed by atoms with Gasteiger partial charge in [0, 0.05) is 17.5 Å². The number of aryl methyl sites for hydroxylation is 2. The lowest BCUT2D eigenvalue weighted by molar-refractivity contribution is -0.139. The lowest BCUT2D eigenvalue weighted by Crippen LogP contribution is -2.13. The number of alkyl halides is 3. The summed E-state index contributed by atoms with van der Waals surface area (Å²) in [4.78, 5) is 15.0. The highest BCUT2D eigenvalue weighted by molar-refractivity contribution is 5.67. The second-order valence-corrected chi connectivity index (χ2v) is 7.33. The number of hydrogen-bond donors (Lipinski definition) is 1. The highest BCUT2D eigenvalue weighted by Gasteiger charge is 2.35. The standard InChI is InChI=1S/C22H21F3N2O4/c1-12(2)30-18-8-6-15(11-17(18)22(23,24)25)20-26-21(31-27-20)16-5-4-14(13(3)10-16)7-9-19(28)29/h4-6,8,10-12H,7,9H2,1-3H3,(H,28,29). The molecule has 0 amide bonds. The van der Waals surface area contributed by atoms with Crippen molar-refractivity contribution < 1.29 is 32.3 Å². The fourth-order valence-electron chi connectivity index (χ4n) is 3.06. The molecule has 9 heteroatoms. The Labute approximate surface area is 176 Å². The number of aromatic nitrogens is 2. The smallest absolute Gasteiger partial charge is 0.419 e. The van der Waals surface area contributed by atoms with Crippen molar-refractivity contribution in [2.24, 2.45) is 0 Å². The first-order valence-electron chi connectivity index (χ1n) is 9.58. The largest absolute Gasteiger partial charge is 0.490 e. The Hall–Kier alpha value is -3.36. The average molecular weight is 434 g/mol. The minimum absolute atomic E-state index is 0.0168. The average Bonchev–Trinajstić information content (AvgIpc) is 3.16. The fourth-order valence-corrected chi connectivity index (χ4v) is 3.06. The highest BCUT2D eigenvalue weighted by atomic mass is 19.4. The van der Waals surface area contributed by atoms with Crippen LogP contribution in [-0.2, 0) is 17.4 Å². The van der Waals surface area contributed by atoms with Crippen LogP contribution in [0.25, 0.3) is 22.8 Å². The van der Waals surface area contributed by atoms with Gasteiger partial charge in [-0.3, -0.25) is 4.79 Å². The number of hydrogen-bond acceptors (Lipinski definition) is 5. The first-order chi connectivity index (χ1) is 14.5. The van der Waals surface area contributed by atoms with E-state index in [1.54, 1.807) is 32.0 Å². The maximum absolute atomic E-state index is 13.5. The van der Waals surface area contributed by atoms with Gasteiger partial charge in [-0.15, -0.1) is 0 Å². The molecule has 0 unspecified atom stereocenters. The topological polar surface area (TPSA) is 85.5 Å². The molecule has 0 saturated carbocycles. The van der Waals surface area contributed by atoms with Crippen molar-refractivity contribution in [2.75, 3.05) is 0 Å². The van der Waals surface area contributed by atoms with Crippen molar-refractivity contribution in [1.29, 1.82) is 0 Å². The molecule has 6 nitrogen and oxygen atoms in total. The van der Waals surface area contributed by atoms with E-state index in [2.05, 4.69) is 10.1 Å². The summed E-state index contributed by atoms with van der Waals surface area (Å²) in [5.74, 6) is -0.973. The van der Waals surface area contributed by atoms with Crippen LogP contribution in [0.5, 0.6) is 5.75 Å². The van der Waals surface area contributed by atoms with E-state index in [1.165, 1.54) is 12.1 Å². The minimum Gasteiger partial charge on any atom is -0.490 e. The second kappa shape index (κ2) is 8.79.